The molecule has 10 heteroatoms. The quantitative estimate of drug-likeness (QED) is 0.286. The van der Waals surface area contributed by atoms with Crippen LogP contribution in [-0.2, 0) is 12.4 Å². The second-order valence-corrected chi connectivity index (χ2v) is 5.91. The largest absolute Gasteiger partial charge is 0.417 e. The van der Waals surface area contributed by atoms with Crippen LogP contribution in [0.5, 0.6) is 0 Å². The van der Waals surface area contributed by atoms with Gasteiger partial charge in [0, 0.05) is 17.2 Å². The topological polar surface area (TPSA) is 56.0 Å². The van der Waals surface area contributed by atoms with E-state index < -0.39 is 50.9 Å². The molecule has 0 atom stereocenters. The monoisotopic (exact) mass is 412 g/mol. The normalized spacial score (nSPS) is 12.1. The maximum atomic E-state index is 13.4. The molecular weight excluding hydrogens is 402 g/mol. The van der Waals surface area contributed by atoms with Crippen LogP contribution in [0.1, 0.15) is 11.1 Å². The summed E-state index contributed by atoms with van der Waals surface area (Å²) in [7, 11) is 0. The van der Waals surface area contributed by atoms with Gasteiger partial charge in [-0.3, -0.25) is 10.1 Å². The van der Waals surface area contributed by atoms with E-state index in [2.05, 4.69) is 4.98 Å². The predicted octanol–water partition coefficient (Wildman–Crippen LogP) is 6.36. The van der Waals surface area contributed by atoms with Crippen LogP contribution < -0.4 is 0 Å². The predicted molar refractivity (Wildman–Crippen MR) is 91.8 cm³/mol. The van der Waals surface area contributed by atoms with Crippen molar-refractivity contribution in [1.82, 2.24) is 4.98 Å². The Morgan fingerprint density at radius 1 is 0.724 bits per heavy atom. The molecule has 0 unspecified atom stereocenters. The summed E-state index contributed by atoms with van der Waals surface area (Å²) in [6.45, 7) is 0. The van der Waals surface area contributed by atoms with E-state index in [0.717, 1.165) is 48.5 Å². The van der Waals surface area contributed by atoms with Crippen LogP contribution in [0.4, 0.5) is 32.0 Å². The molecule has 0 radical (unpaired) electrons. The van der Waals surface area contributed by atoms with Crippen molar-refractivity contribution in [3.05, 3.63) is 81.9 Å². The molecular formula is C19H10F6N2O2. The summed E-state index contributed by atoms with van der Waals surface area (Å²) >= 11 is 0. The number of nitrogens with zero attached hydrogens (tertiary/aromatic N) is 2. The van der Waals surface area contributed by atoms with Gasteiger partial charge in [0.25, 0.3) is 5.69 Å². The van der Waals surface area contributed by atoms with Crippen molar-refractivity contribution in [2.24, 2.45) is 0 Å². The second-order valence-electron chi connectivity index (χ2n) is 5.91. The maximum Gasteiger partial charge on any atom is 0.417 e. The highest BCUT2D eigenvalue weighted by molar-refractivity contribution is 5.77. The van der Waals surface area contributed by atoms with Crippen LogP contribution in [0.3, 0.4) is 0 Å². The number of nitro groups is 1. The molecule has 4 nitrogen and oxygen atoms in total. The van der Waals surface area contributed by atoms with Crippen molar-refractivity contribution in [2.45, 2.75) is 12.4 Å². The molecule has 0 spiro atoms. The van der Waals surface area contributed by atoms with Crippen molar-refractivity contribution in [3.8, 4) is 22.5 Å². The highest BCUT2D eigenvalue weighted by atomic mass is 19.4. The van der Waals surface area contributed by atoms with E-state index in [0.29, 0.717) is 0 Å². The summed E-state index contributed by atoms with van der Waals surface area (Å²) < 4.78 is 80.0. The lowest BCUT2D eigenvalue weighted by Gasteiger charge is -2.15. The van der Waals surface area contributed by atoms with Gasteiger partial charge < -0.3 is 0 Å². The van der Waals surface area contributed by atoms with Crippen LogP contribution in [0.15, 0.2) is 60.7 Å². The Hall–Kier alpha value is -3.43. The van der Waals surface area contributed by atoms with E-state index >= 15 is 0 Å². The number of hydrogen-bond donors (Lipinski definition) is 0. The molecule has 150 valence electrons. The maximum absolute atomic E-state index is 13.4. The molecule has 1 heterocycles. The molecule has 0 saturated heterocycles. The average Bonchev–Trinajstić information content (AvgIpc) is 2.66. The van der Waals surface area contributed by atoms with Crippen LogP contribution in [0, 0.1) is 10.1 Å². The third-order valence-electron chi connectivity index (χ3n) is 4.07. The standard InChI is InChI=1S/C19H10F6N2O2/c20-18(21,22)13-7-3-1-5-11(13)15-9-10-16(27(28)29)17(26-15)12-6-2-4-8-14(12)19(23,24)25/h1-10H. The first-order valence-electron chi connectivity index (χ1n) is 7.99. The van der Waals surface area contributed by atoms with Gasteiger partial charge >= 0.3 is 12.4 Å². The molecule has 0 bridgehead atoms. The molecule has 0 aliphatic carbocycles. The van der Waals surface area contributed by atoms with E-state index in [-0.39, 0.29) is 5.69 Å². The molecule has 3 aromatic rings. The number of pyridine rings is 1. The number of rotatable bonds is 3. The van der Waals surface area contributed by atoms with E-state index in [4.69, 9.17) is 0 Å². The molecule has 0 aliphatic heterocycles. The summed E-state index contributed by atoms with van der Waals surface area (Å²) in [5, 5.41) is 11.3. The second kappa shape index (κ2) is 7.19. The minimum absolute atomic E-state index is 0.337. The van der Waals surface area contributed by atoms with Gasteiger partial charge in [0.1, 0.15) is 5.69 Å². The van der Waals surface area contributed by atoms with Crippen molar-refractivity contribution in [1.29, 1.82) is 0 Å². The van der Waals surface area contributed by atoms with Gasteiger partial charge in [-0.2, -0.15) is 26.3 Å². The highest BCUT2D eigenvalue weighted by Crippen LogP contribution is 2.41. The lowest BCUT2D eigenvalue weighted by atomic mass is 9.99. The van der Waals surface area contributed by atoms with Crippen LogP contribution in [0.25, 0.3) is 22.5 Å². The van der Waals surface area contributed by atoms with Gasteiger partial charge in [-0.15, -0.1) is 0 Å². The van der Waals surface area contributed by atoms with E-state index in [1.54, 1.807) is 0 Å². The zero-order valence-electron chi connectivity index (χ0n) is 14.3. The zero-order chi connectivity index (χ0) is 21.4. The van der Waals surface area contributed by atoms with Crippen molar-refractivity contribution in [3.63, 3.8) is 0 Å². The third-order valence-corrected chi connectivity index (χ3v) is 4.07. The van der Waals surface area contributed by atoms with Gasteiger partial charge in [-0.05, 0) is 18.2 Å². The van der Waals surface area contributed by atoms with Crippen molar-refractivity contribution in [2.75, 3.05) is 0 Å². The Bertz CT molecular complexity index is 1080. The lowest BCUT2D eigenvalue weighted by molar-refractivity contribution is -0.384. The molecule has 0 fully saturated rings. The van der Waals surface area contributed by atoms with Crippen molar-refractivity contribution < 1.29 is 31.3 Å². The molecule has 2 aromatic carbocycles. The fraction of sp³-hybridized carbons (Fsp3) is 0.105. The first-order chi connectivity index (χ1) is 13.5. The molecule has 0 amide bonds. The minimum Gasteiger partial charge on any atom is -0.258 e. The average molecular weight is 412 g/mol. The Kier molecular flexibility index (Phi) is 5.04. The van der Waals surface area contributed by atoms with Crippen LogP contribution in [-0.4, -0.2) is 9.91 Å². The summed E-state index contributed by atoms with van der Waals surface area (Å²) in [5.74, 6) is 0. The molecule has 3 rings (SSSR count). The van der Waals surface area contributed by atoms with Gasteiger partial charge in [0.05, 0.1) is 21.7 Å². The fourth-order valence-corrected chi connectivity index (χ4v) is 2.84. The van der Waals surface area contributed by atoms with Crippen LogP contribution in [0.2, 0.25) is 0 Å². The van der Waals surface area contributed by atoms with Gasteiger partial charge in [-0.25, -0.2) is 4.98 Å². The Balaban J connectivity index is 2.31. The molecule has 0 saturated carbocycles. The Morgan fingerprint density at radius 3 is 1.72 bits per heavy atom. The molecule has 29 heavy (non-hydrogen) atoms. The van der Waals surface area contributed by atoms with Crippen LogP contribution >= 0.6 is 0 Å². The smallest absolute Gasteiger partial charge is 0.258 e. The highest BCUT2D eigenvalue weighted by Gasteiger charge is 2.37. The van der Waals surface area contributed by atoms with E-state index in [1.807, 2.05) is 0 Å². The number of halogens is 6. The van der Waals surface area contributed by atoms with Gasteiger partial charge in [-0.1, -0.05) is 36.4 Å². The summed E-state index contributed by atoms with van der Waals surface area (Å²) in [4.78, 5) is 14.2. The molecule has 0 N–H and O–H groups in total. The number of hydrogen-bond acceptors (Lipinski definition) is 3. The third kappa shape index (κ3) is 4.05. The first-order valence-corrected chi connectivity index (χ1v) is 7.99. The summed E-state index contributed by atoms with van der Waals surface area (Å²) in [6.07, 6.45) is -9.59. The number of aromatic nitrogens is 1. The number of alkyl halides is 6. The van der Waals surface area contributed by atoms with E-state index in [1.165, 1.54) is 12.1 Å². The van der Waals surface area contributed by atoms with Gasteiger partial charge in [0.15, 0.2) is 0 Å². The minimum atomic E-state index is -4.84. The first kappa shape index (κ1) is 20.3. The lowest BCUT2D eigenvalue weighted by Crippen LogP contribution is -2.09. The summed E-state index contributed by atoms with van der Waals surface area (Å²) in [6, 6.07) is 10.2. The molecule has 1 aromatic heterocycles. The number of benzene rings is 2. The zero-order valence-corrected chi connectivity index (χ0v) is 14.3. The van der Waals surface area contributed by atoms with E-state index in [9.17, 15) is 36.5 Å². The molecule has 0 aliphatic rings. The van der Waals surface area contributed by atoms with Gasteiger partial charge in [0.2, 0.25) is 0 Å². The Morgan fingerprint density at radius 2 is 1.21 bits per heavy atom. The fourth-order valence-electron chi connectivity index (χ4n) is 2.84. The van der Waals surface area contributed by atoms with Crippen molar-refractivity contribution >= 4 is 5.69 Å². The SMILES string of the molecule is O=[N+]([O-])c1ccc(-c2ccccc2C(F)(F)F)nc1-c1ccccc1C(F)(F)F. The summed E-state index contributed by atoms with van der Waals surface area (Å²) in [5.41, 5.74) is -5.00. The Labute approximate surface area is 159 Å².